The number of aliphatic hydroxyl groups excluding tert-OH is 1. The molecule has 2 fully saturated rings. The van der Waals surface area contributed by atoms with Gasteiger partial charge in [-0.15, -0.1) is 0 Å². The van der Waals surface area contributed by atoms with Crippen LogP contribution in [0, 0.1) is 11.3 Å². The SMILES string of the molecule is CC(C)C1OC(=O)C2(/C=C/c3ccc4ccc(nc4c3)[C@@H](C)N(C)C(=O)[C@@H]3CCCN(N3)C(=O)[C@H](C)NC1=O)CCC(O)CC2. The average molecular weight is 620 g/mol. The summed E-state index contributed by atoms with van der Waals surface area (Å²) in [6.45, 7) is 7.47. The third kappa shape index (κ3) is 6.89. The predicted molar refractivity (Wildman–Crippen MR) is 169 cm³/mol. The summed E-state index contributed by atoms with van der Waals surface area (Å²) in [5.74, 6) is -1.99. The first-order valence-electron chi connectivity index (χ1n) is 16.0. The number of nitrogens with zero attached hydrogens (tertiary/aromatic N) is 3. The third-order valence-electron chi connectivity index (χ3n) is 9.52. The largest absolute Gasteiger partial charge is 0.451 e. The van der Waals surface area contributed by atoms with Crippen LogP contribution in [0.15, 0.2) is 36.4 Å². The van der Waals surface area contributed by atoms with Gasteiger partial charge in [0, 0.05) is 19.0 Å². The quantitative estimate of drug-likeness (QED) is 0.413. The lowest BCUT2D eigenvalue weighted by Crippen LogP contribution is -2.61. The molecule has 5 rings (SSSR count). The van der Waals surface area contributed by atoms with E-state index in [9.17, 15) is 24.3 Å². The van der Waals surface area contributed by atoms with Crippen molar-refractivity contribution in [3.05, 3.63) is 47.7 Å². The van der Waals surface area contributed by atoms with Gasteiger partial charge < -0.3 is 20.1 Å². The monoisotopic (exact) mass is 619 g/mol. The van der Waals surface area contributed by atoms with Crippen LogP contribution in [0.25, 0.3) is 17.0 Å². The van der Waals surface area contributed by atoms with Gasteiger partial charge in [0.25, 0.3) is 11.8 Å². The molecule has 3 N–H and O–H groups in total. The predicted octanol–water partition coefficient (Wildman–Crippen LogP) is 3.27. The molecular formula is C34H45N5O6. The van der Waals surface area contributed by atoms with Gasteiger partial charge in [0.1, 0.15) is 12.1 Å². The Hall–Kier alpha value is -3.83. The molecule has 3 amide bonds. The maximum absolute atomic E-state index is 13.9. The maximum Gasteiger partial charge on any atom is 0.316 e. The van der Waals surface area contributed by atoms with Crippen LogP contribution >= 0.6 is 0 Å². The summed E-state index contributed by atoms with van der Waals surface area (Å²) in [6.07, 6.45) is 4.87. The molecule has 4 atom stereocenters. The van der Waals surface area contributed by atoms with Gasteiger partial charge in [0.15, 0.2) is 6.10 Å². The van der Waals surface area contributed by atoms with Gasteiger partial charge in [-0.2, -0.15) is 0 Å². The van der Waals surface area contributed by atoms with Crippen LogP contribution < -0.4 is 10.7 Å². The van der Waals surface area contributed by atoms with E-state index >= 15 is 0 Å². The molecule has 45 heavy (non-hydrogen) atoms. The first-order valence-corrected chi connectivity index (χ1v) is 16.0. The topological polar surface area (TPSA) is 141 Å². The Bertz CT molecular complexity index is 1480. The van der Waals surface area contributed by atoms with E-state index in [0.29, 0.717) is 45.1 Å². The normalized spacial score (nSPS) is 31.3. The van der Waals surface area contributed by atoms with Gasteiger partial charge in [-0.25, -0.2) is 5.43 Å². The van der Waals surface area contributed by atoms with Crippen LogP contribution in [0.3, 0.4) is 0 Å². The molecule has 11 heteroatoms. The number of rotatable bonds is 1. The highest BCUT2D eigenvalue weighted by Gasteiger charge is 2.43. The molecule has 11 nitrogen and oxygen atoms in total. The molecule has 1 unspecified atom stereocenters. The molecular weight excluding hydrogens is 574 g/mol. The third-order valence-corrected chi connectivity index (χ3v) is 9.52. The van der Waals surface area contributed by atoms with Gasteiger partial charge in [0.2, 0.25) is 5.91 Å². The van der Waals surface area contributed by atoms with Gasteiger partial charge in [0.05, 0.1) is 28.8 Å². The van der Waals surface area contributed by atoms with Crippen LogP contribution in [0.2, 0.25) is 0 Å². The lowest BCUT2D eigenvalue weighted by atomic mass is 9.72. The highest BCUT2D eigenvalue weighted by Crippen LogP contribution is 2.40. The summed E-state index contributed by atoms with van der Waals surface area (Å²) in [7, 11) is 1.74. The maximum atomic E-state index is 13.9. The zero-order valence-corrected chi connectivity index (χ0v) is 26.8. The van der Waals surface area contributed by atoms with Crippen molar-refractivity contribution in [3.8, 4) is 0 Å². The number of likely N-dealkylation sites (N-methyl/N-ethyl adjacent to an activating group) is 1. The number of amides is 3. The fraction of sp³-hybridized carbons (Fsp3) is 0.559. The van der Waals surface area contributed by atoms with Gasteiger partial charge >= 0.3 is 5.97 Å². The Kier molecular flexibility index (Phi) is 9.60. The first-order chi connectivity index (χ1) is 21.4. The number of carbonyl (C=O) groups is 4. The number of fused-ring (bicyclic) bond motifs is 4. The summed E-state index contributed by atoms with van der Waals surface area (Å²) < 4.78 is 5.95. The fourth-order valence-corrected chi connectivity index (χ4v) is 6.37. The number of ether oxygens (including phenoxy) is 1. The number of hydrazine groups is 1. The van der Waals surface area contributed by atoms with Crippen LogP contribution in [0.4, 0.5) is 0 Å². The van der Waals surface area contributed by atoms with E-state index in [-0.39, 0.29) is 23.8 Å². The lowest BCUT2D eigenvalue weighted by molar-refractivity contribution is -0.168. The summed E-state index contributed by atoms with van der Waals surface area (Å²) in [5.41, 5.74) is 4.37. The molecule has 3 heterocycles. The van der Waals surface area contributed by atoms with Crippen LogP contribution in [0.1, 0.15) is 83.5 Å². The van der Waals surface area contributed by atoms with E-state index in [1.165, 1.54) is 5.01 Å². The highest BCUT2D eigenvalue weighted by molar-refractivity contribution is 5.92. The molecule has 1 aliphatic carbocycles. The van der Waals surface area contributed by atoms with Crippen LogP contribution in [-0.4, -0.2) is 81.6 Å². The molecule has 1 aromatic carbocycles. The molecule has 2 aliphatic heterocycles. The van der Waals surface area contributed by atoms with E-state index in [1.807, 2.05) is 49.4 Å². The van der Waals surface area contributed by atoms with Crippen LogP contribution in [-0.2, 0) is 23.9 Å². The number of esters is 1. The molecule has 2 aromatic rings. The summed E-state index contributed by atoms with van der Waals surface area (Å²) in [5, 5.41) is 15.3. The Morgan fingerprint density at radius 3 is 2.44 bits per heavy atom. The molecule has 1 aromatic heterocycles. The first kappa shape index (κ1) is 32.6. The molecule has 0 radical (unpaired) electrons. The van der Waals surface area contributed by atoms with E-state index in [2.05, 4.69) is 10.7 Å². The summed E-state index contributed by atoms with van der Waals surface area (Å²) >= 11 is 0. The zero-order chi connectivity index (χ0) is 32.5. The van der Waals surface area contributed by atoms with Crippen molar-refractivity contribution in [1.82, 2.24) is 25.6 Å². The van der Waals surface area contributed by atoms with Crippen molar-refractivity contribution in [2.24, 2.45) is 11.3 Å². The number of hydrogen-bond donors (Lipinski definition) is 3. The standard InChI is InChI=1S/C34H45N5O6/c1-20(2)29-30(41)35-21(3)31(42)39-18-6-7-27(37-39)32(43)38(5)22(4)26-11-10-24-9-8-23(19-28(24)36-26)12-15-34(33(44)45-29)16-13-25(40)14-17-34/h8-12,15,19-22,25,27,29,37,40H,6-7,13-14,16-18H2,1-5H3,(H,35,41)/b15-12+/t21-,22+,25?,27-,29?,34?/m0/s1. The van der Waals surface area contributed by atoms with E-state index < -0.39 is 41.6 Å². The zero-order valence-electron chi connectivity index (χ0n) is 26.8. The second-order valence-electron chi connectivity index (χ2n) is 13.1. The molecule has 1 spiro atoms. The number of hydrogen-bond acceptors (Lipinski definition) is 8. The van der Waals surface area contributed by atoms with Crippen molar-refractivity contribution in [2.45, 2.75) is 96.6 Å². The van der Waals surface area contributed by atoms with E-state index in [1.54, 1.807) is 32.7 Å². The second kappa shape index (κ2) is 13.3. The minimum absolute atomic E-state index is 0.157. The Morgan fingerprint density at radius 1 is 1.02 bits per heavy atom. The second-order valence-corrected chi connectivity index (χ2v) is 13.1. The number of carbonyl (C=O) groups excluding carboxylic acids is 4. The number of aliphatic hydroxyl groups is 1. The van der Waals surface area contributed by atoms with Crippen molar-refractivity contribution in [3.63, 3.8) is 0 Å². The van der Waals surface area contributed by atoms with Crippen molar-refractivity contribution in [2.75, 3.05) is 13.6 Å². The van der Waals surface area contributed by atoms with Gasteiger partial charge in [-0.05, 0) is 76.0 Å². The molecule has 1 saturated heterocycles. The van der Waals surface area contributed by atoms with Crippen molar-refractivity contribution in [1.29, 1.82) is 0 Å². The minimum atomic E-state index is -1.12. The average Bonchev–Trinajstić information content (AvgIpc) is 3.04. The van der Waals surface area contributed by atoms with E-state index in [4.69, 9.17) is 9.72 Å². The number of benzene rings is 1. The summed E-state index contributed by atoms with van der Waals surface area (Å²) in [4.78, 5) is 60.9. The molecule has 3 aliphatic rings. The molecule has 242 valence electrons. The Morgan fingerprint density at radius 2 is 1.73 bits per heavy atom. The number of aromatic nitrogens is 1. The van der Waals surface area contributed by atoms with Gasteiger partial charge in [-0.1, -0.05) is 44.2 Å². The van der Waals surface area contributed by atoms with Crippen LogP contribution in [0.5, 0.6) is 0 Å². The Balaban J connectivity index is 1.55. The van der Waals surface area contributed by atoms with Crippen molar-refractivity contribution >= 4 is 40.7 Å². The molecule has 5 bridgehead atoms. The molecule has 1 saturated carbocycles. The van der Waals surface area contributed by atoms with Gasteiger partial charge in [-0.3, -0.25) is 29.2 Å². The highest BCUT2D eigenvalue weighted by atomic mass is 16.5. The minimum Gasteiger partial charge on any atom is -0.451 e. The number of pyridine rings is 1. The smallest absolute Gasteiger partial charge is 0.316 e. The Labute approximate surface area is 264 Å². The number of cyclic esters (lactones) is 1. The lowest BCUT2D eigenvalue weighted by Gasteiger charge is -2.37. The number of nitrogens with one attached hydrogen (secondary N) is 2. The fourth-order valence-electron chi connectivity index (χ4n) is 6.37. The van der Waals surface area contributed by atoms with Crippen molar-refractivity contribution < 1.29 is 29.0 Å². The summed E-state index contributed by atoms with van der Waals surface area (Å²) in [6, 6.07) is 7.89. The van der Waals surface area contributed by atoms with E-state index in [0.717, 1.165) is 22.2 Å².